The normalized spacial score (nSPS) is 8.30. The van der Waals surface area contributed by atoms with E-state index in [4.69, 9.17) is 10.2 Å². The maximum absolute atomic E-state index is 10.3. The van der Waals surface area contributed by atoms with E-state index < -0.39 is 23.9 Å². The molecule has 2 aromatic heterocycles. The van der Waals surface area contributed by atoms with Crippen LogP contribution < -0.4 is 10.2 Å². The fourth-order valence-electron chi connectivity index (χ4n) is 1.34. The number of aromatic carboxylic acids is 4. The van der Waals surface area contributed by atoms with Crippen LogP contribution in [0.1, 0.15) is 42.0 Å². The summed E-state index contributed by atoms with van der Waals surface area (Å²) in [6.07, 6.45) is 0. The fraction of sp³-hybridized carbons (Fsp3) is 0. The number of carbonyl (C=O) groups excluding carboxylic acids is 2. The van der Waals surface area contributed by atoms with Crippen molar-refractivity contribution in [1.82, 2.24) is 9.97 Å². The maximum atomic E-state index is 10.3. The first-order chi connectivity index (χ1) is 11.2. The van der Waals surface area contributed by atoms with E-state index in [9.17, 15) is 29.4 Å². The number of hydrogen-bond acceptors (Lipinski definition) is 8. The minimum absolute atomic E-state index is 0. The number of aromatic nitrogens is 2. The zero-order valence-corrected chi connectivity index (χ0v) is 14.6. The minimum Gasteiger partial charge on any atom is -0.543 e. The Hall–Kier alpha value is -3.24. The molecule has 0 aliphatic heterocycles. The molecule has 0 amide bonds. The number of rotatable bonds is 4. The van der Waals surface area contributed by atoms with Gasteiger partial charge in [-0.2, -0.15) is 0 Å². The summed E-state index contributed by atoms with van der Waals surface area (Å²) >= 11 is 0. The number of carboxylic acids is 4. The van der Waals surface area contributed by atoms with Crippen LogP contribution in [0.5, 0.6) is 0 Å². The van der Waals surface area contributed by atoms with E-state index in [0.29, 0.717) is 0 Å². The predicted octanol–water partition coefficient (Wildman–Crippen LogP) is -3.37. The van der Waals surface area contributed by atoms with Gasteiger partial charge in [0, 0.05) is 0 Å². The van der Waals surface area contributed by atoms with Crippen molar-refractivity contribution in [1.29, 1.82) is 0 Å². The molecule has 0 fully saturated rings. The Bertz CT molecular complexity index is 686. The maximum Gasteiger partial charge on any atom is 2.00 e. The zero-order chi connectivity index (χ0) is 18.3. The van der Waals surface area contributed by atoms with Crippen LogP contribution in [0.15, 0.2) is 36.4 Å². The molecule has 0 saturated carbocycles. The van der Waals surface area contributed by atoms with Gasteiger partial charge in [-0.05, 0) is 24.3 Å². The molecule has 0 aromatic carbocycles. The molecule has 27 heavy (non-hydrogen) atoms. The second-order valence-electron chi connectivity index (χ2n) is 4.00. The van der Waals surface area contributed by atoms with Crippen molar-refractivity contribution >= 4 is 23.9 Å². The first-order valence-electron chi connectivity index (χ1n) is 6.05. The van der Waals surface area contributed by atoms with E-state index >= 15 is 0 Å². The van der Waals surface area contributed by atoms with Gasteiger partial charge in [-0.1, -0.05) is 12.1 Å². The van der Waals surface area contributed by atoms with Crippen LogP contribution in [0.4, 0.5) is 0 Å². The van der Waals surface area contributed by atoms with Gasteiger partial charge in [0.1, 0.15) is 11.4 Å². The molecule has 0 spiro atoms. The van der Waals surface area contributed by atoms with Crippen molar-refractivity contribution in [3.05, 3.63) is 59.2 Å². The van der Waals surface area contributed by atoms with Gasteiger partial charge in [-0.3, -0.25) is 0 Å². The Balaban J connectivity index is -0.000000384. The molecule has 0 atom stereocenters. The van der Waals surface area contributed by atoms with E-state index in [0.717, 1.165) is 0 Å². The molecule has 0 aliphatic carbocycles. The van der Waals surface area contributed by atoms with Crippen molar-refractivity contribution < 1.29 is 71.0 Å². The number of pyridine rings is 2. The number of nitrogens with zero attached hydrogens (tertiary/aromatic N) is 2. The molecule has 2 rings (SSSR count). The minimum atomic E-state index is -1.49. The molecule has 12 nitrogen and oxygen atoms in total. The Morgan fingerprint density at radius 1 is 0.667 bits per heavy atom. The fourth-order valence-corrected chi connectivity index (χ4v) is 1.34. The third kappa shape index (κ3) is 9.14. The Morgan fingerprint density at radius 3 is 1.15 bits per heavy atom. The molecule has 13 heteroatoms. The summed E-state index contributed by atoms with van der Waals surface area (Å²) in [6, 6.07) is 7.33. The standard InChI is InChI=1S/2C7H5NO4.2H2O.Pd/c2*9-6(10)4-2-1-3-5(8-4)7(11)12;;;/h2*1-3H,(H,9,10)(H,11,12);2*1H2;/q;;;;+2/p-2. The van der Waals surface area contributed by atoms with Crippen molar-refractivity contribution in [2.45, 2.75) is 0 Å². The largest absolute Gasteiger partial charge is 2.00 e. The SMILES string of the molecule is O.O.O=C([O-])c1cccc(C(=O)O)n1.O=C([O-])c1cccc(C(=O)O)n1.[Pd+2]. The first-order valence-corrected chi connectivity index (χ1v) is 6.05. The second-order valence-corrected chi connectivity index (χ2v) is 4.00. The van der Waals surface area contributed by atoms with Gasteiger partial charge in [0.2, 0.25) is 0 Å². The van der Waals surface area contributed by atoms with E-state index in [2.05, 4.69) is 9.97 Å². The van der Waals surface area contributed by atoms with Crippen LogP contribution in [-0.4, -0.2) is 55.0 Å². The molecule has 148 valence electrons. The predicted molar refractivity (Wildman–Crippen MR) is 78.3 cm³/mol. The number of hydrogen-bond donors (Lipinski definition) is 2. The van der Waals surface area contributed by atoms with Crippen molar-refractivity contribution in [3.63, 3.8) is 0 Å². The monoisotopic (exact) mass is 474 g/mol. The topological polar surface area (TPSA) is 244 Å². The van der Waals surface area contributed by atoms with Gasteiger partial charge in [0.05, 0.1) is 23.3 Å². The van der Waals surface area contributed by atoms with Crippen molar-refractivity contribution in [2.24, 2.45) is 0 Å². The average Bonchev–Trinajstić information content (AvgIpc) is 2.55. The van der Waals surface area contributed by atoms with Crippen LogP contribution in [0, 0.1) is 0 Å². The molecule has 2 aromatic rings. The Labute approximate surface area is 164 Å². The van der Waals surface area contributed by atoms with E-state index in [-0.39, 0.29) is 54.2 Å². The summed E-state index contributed by atoms with van der Waals surface area (Å²) in [5, 5.41) is 37.2. The summed E-state index contributed by atoms with van der Waals surface area (Å²) < 4.78 is 0. The molecule has 0 saturated heterocycles. The van der Waals surface area contributed by atoms with Crippen LogP contribution in [-0.2, 0) is 20.4 Å². The quantitative estimate of drug-likeness (QED) is 0.416. The van der Waals surface area contributed by atoms with Crippen molar-refractivity contribution in [2.75, 3.05) is 0 Å². The number of carbonyl (C=O) groups is 4. The van der Waals surface area contributed by atoms with Gasteiger partial charge in [0.25, 0.3) is 0 Å². The molecular weight excluding hydrogens is 463 g/mol. The third-order valence-electron chi connectivity index (χ3n) is 2.35. The van der Waals surface area contributed by atoms with Crippen molar-refractivity contribution in [3.8, 4) is 0 Å². The molecule has 6 N–H and O–H groups in total. The summed E-state index contributed by atoms with van der Waals surface area (Å²) in [4.78, 5) is 47.6. The summed E-state index contributed by atoms with van der Waals surface area (Å²) in [5.74, 6) is -5.51. The second kappa shape index (κ2) is 13.0. The van der Waals surface area contributed by atoms with Crippen LogP contribution in [0.3, 0.4) is 0 Å². The third-order valence-corrected chi connectivity index (χ3v) is 2.35. The average molecular weight is 475 g/mol. The Morgan fingerprint density at radius 2 is 0.926 bits per heavy atom. The first kappa shape index (κ1) is 28.6. The summed E-state index contributed by atoms with van der Waals surface area (Å²) in [5.41, 5.74) is -1.38. The summed E-state index contributed by atoms with van der Waals surface area (Å²) in [7, 11) is 0. The molecular formula is C14H12N2O10Pd. The van der Waals surface area contributed by atoms with Crippen LogP contribution >= 0.6 is 0 Å². The Kier molecular flexibility index (Phi) is 13.8. The molecule has 0 radical (unpaired) electrons. The zero-order valence-electron chi connectivity index (χ0n) is 13.0. The smallest absolute Gasteiger partial charge is 0.543 e. The van der Waals surface area contributed by atoms with Gasteiger partial charge < -0.3 is 41.0 Å². The molecule has 0 aliphatic rings. The van der Waals surface area contributed by atoms with Crippen LogP contribution in [0.2, 0.25) is 0 Å². The molecule has 0 bridgehead atoms. The number of carboxylic acid groups (broad SMARTS) is 4. The van der Waals surface area contributed by atoms with E-state index in [1.807, 2.05) is 0 Å². The molecule has 0 unspecified atom stereocenters. The van der Waals surface area contributed by atoms with Crippen LogP contribution in [0.25, 0.3) is 0 Å². The molecule has 2 heterocycles. The van der Waals surface area contributed by atoms with Gasteiger partial charge in [0.15, 0.2) is 0 Å². The van der Waals surface area contributed by atoms with E-state index in [1.54, 1.807) is 0 Å². The van der Waals surface area contributed by atoms with Gasteiger partial charge >= 0.3 is 32.4 Å². The van der Waals surface area contributed by atoms with Gasteiger partial charge in [-0.25, -0.2) is 19.6 Å². The summed E-state index contributed by atoms with van der Waals surface area (Å²) in [6.45, 7) is 0. The van der Waals surface area contributed by atoms with Gasteiger partial charge in [-0.15, -0.1) is 0 Å². The van der Waals surface area contributed by atoms with E-state index in [1.165, 1.54) is 36.4 Å².